The van der Waals surface area contributed by atoms with E-state index in [2.05, 4.69) is 23.9 Å². The number of aryl methyl sites for hydroxylation is 1. The topological polar surface area (TPSA) is 71.3 Å². The second kappa shape index (κ2) is 9.15. The fourth-order valence-electron chi connectivity index (χ4n) is 3.56. The van der Waals surface area contributed by atoms with E-state index in [1.165, 1.54) is 10.7 Å². The lowest BCUT2D eigenvalue weighted by Crippen LogP contribution is -2.43. The van der Waals surface area contributed by atoms with E-state index in [9.17, 15) is 14.0 Å². The number of nitrogens with zero attached hydrogens (tertiary/aromatic N) is 5. The van der Waals surface area contributed by atoms with Crippen molar-refractivity contribution in [2.75, 3.05) is 25.0 Å². The second-order valence-electron chi connectivity index (χ2n) is 7.85. The molecular weight excluding hydrogens is 373 g/mol. The summed E-state index contributed by atoms with van der Waals surface area (Å²) in [6.45, 7) is 5.23. The molecule has 7 nitrogen and oxygen atoms in total. The first-order chi connectivity index (χ1) is 13.8. The Morgan fingerprint density at radius 2 is 2.10 bits per heavy atom. The Morgan fingerprint density at radius 1 is 1.31 bits per heavy atom. The van der Waals surface area contributed by atoms with Gasteiger partial charge in [-0.15, -0.1) is 0 Å². The molecule has 2 aromatic heterocycles. The van der Waals surface area contributed by atoms with Gasteiger partial charge in [0.15, 0.2) is 0 Å². The lowest BCUT2D eigenvalue weighted by Gasteiger charge is -2.33. The third-order valence-electron chi connectivity index (χ3n) is 5.48. The maximum Gasteiger partial charge on any atom is 0.269 e. The van der Waals surface area contributed by atoms with Crippen LogP contribution in [0.25, 0.3) is 0 Å². The molecule has 8 heteroatoms. The zero-order valence-corrected chi connectivity index (χ0v) is 17.2. The van der Waals surface area contributed by atoms with E-state index in [4.69, 9.17) is 0 Å². The Bertz CT molecular complexity index is 914. The van der Waals surface area contributed by atoms with Crippen molar-refractivity contribution in [3.8, 4) is 0 Å². The summed E-state index contributed by atoms with van der Waals surface area (Å²) in [6.07, 6.45) is 6.80. The average molecular weight is 401 g/mol. The minimum absolute atomic E-state index is 0.00294. The van der Waals surface area contributed by atoms with Crippen LogP contribution in [-0.2, 0) is 11.2 Å². The summed E-state index contributed by atoms with van der Waals surface area (Å²) < 4.78 is 14.7. The van der Waals surface area contributed by atoms with Crippen LogP contribution in [0.2, 0.25) is 0 Å². The molecule has 1 amide bonds. The number of anilines is 1. The van der Waals surface area contributed by atoms with Gasteiger partial charge in [0.1, 0.15) is 5.82 Å². The minimum Gasteiger partial charge on any atom is -0.371 e. The number of likely N-dealkylation sites (tertiary alicyclic amines) is 1. The van der Waals surface area contributed by atoms with E-state index >= 15 is 0 Å². The summed E-state index contributed by atoms with van der Waals surface area (Å²) in [7, 11) is 1.93. The zero-order valence-electron chi connectivity index (χ0n) is 17.2. The van der Waals surface area contributed by atoms with Crippen LogP contribution in [-0.4, -0.2) is 51.8 Å². The minimum atomic E-state index is -0.398. The van der Waals surface area contributed by atoms with Crippen molar-refractivity contribution in [2.24, 2.45) is 0 Å². The van der Waals surface area contributed by atoms with Crippen molar-refractivity contribution in [1.29, 1.82) is 0 Å². The number of carbonyl (C=O) groups is 1. The van der Waals surface area contributed by atoms with E-state index in [1.807, 2.05) is 11.9 Å². The molecule has 0 unspecified atom stereocenters. The van der Waals surface area contributed by atoms with Gasteiger partial charge < -0.3 is 9.80 Å². The smallest absolute Gasteiger partial charge is 0.269 e. The van der Waals surface area contributed by atoms with Gasteiger partial charge in [0.2, 0.25) is 5.91 Å². The largest absolute Gasteiger partial charge is 0.371 e. The van der Waals surface area contributed by atoms with Crippen molar-refractivity contribution >= 4 is 11.6 Å². The third kappa shape index (κ3) is 5.19. The Morgan fingerprint density at radius 3 is 2.79 bits per heavy atom. The molecule has 0 aliphatic carbocycles. The molecule has 0 bridgehead atoms. The highest BCUT2D eigenvalue weighted by Crippen LogP contribution is 2.21. The Kier molecular flexibility index (Phi) is 6.61. The van der Waals surface area contributed by atoms with Gasteiger partial charge in [-0.2, -0.15) is 5.10 Å². The number of piperidine rings is 1. The van der Waals surface area contributed by atoms with Crippen molar-refractivity contribution in [3.63, 3.8) is 0 Å². The Balaban J connectivity index is 1.64. The molecule has 156 valence electrons. The molecule has 1 aliphatic rings. The molecule has 3 rings (SSSR count). The molecule has 0 saturated carbocycles. The predicted octanol–water partition coefficient (Wildman–Crippen LogP) is 2.42. The van der Waals surface area contributed by atoms with Crippen LogP contribution < -0.4 is 10.5 Å². The van der Waals surface area contributed by atoms with Crippen LogP contribution in [0.1, 0.15) is 44.7 Å². The van der Waals surface area contributed by atoms with E-state index < -0.39 is 5.82 Å². The van der Waals surface area contributed by atoms with Crippen LogP contribution in [0.5, 0.6) is 0 Å². The highest BCUT2D eigenvalue weighted by atomic mass is 19.1. The fraction of sp³-hybridized carbons (Fsp3) is 0.524. The van der Waals surface area contributed by atoms with Gasteiger partial charge in [-0.25, -0.2) is 9.07 Å². The number of halogens is 1. The zero-order chi connectivity index (χ0) is 21.0. The number of hydrogen-bond acceptors (Lipinski definition) is 5. The van der Waals surface area contributed by atoms with Crippen LogP contribution in [0.3, 0.4) is 0 Å². The molecule has 2 aromatic rings. The molecule has 0 N–H and O–H groups in total. The SMILES string of the molecule is CC(C)N(C)c1cnn([C@@H]2CCCN(C(=O)CCc3cncc(F)c3)C2)c(=O)c1. The van der Waals surface area contributed by atoms with Gasteiger partial charge in [0.25, 0.3) is 5.56 Å². The van der Waals surface area contributed by atoms with Crippen LogP contribution >= 0.6 is 0 Å². The van der Waals surface area contributed by atoms with Gasteiger partial charge in [-0.05, 0) is 44.7 Å². The number of aromatic nitrogens is 3. The predicted molar refractivity (Wildman–Crippen MR) is 109 cm³/mol. The number of carbonyl (C=O) groups excluding carboxylic acids is 1. The monoisotopic (exact) mass is 401 g/mol. The first kappa shape index (κ1) is 21.0. The molecule has 1 aliphatic heterocycles. The summed E-state index contributed by atoms with van der Waals surface area (Å²) in [6, 6.07) is 3.14. The molecule has 0 radical (unpaired) electrons. The van der Waals surface area contributed by atoms with Gasteiger partial charge in [0, 0.05) is 44.9 Å². The molecule has 0 spiro atoms. The van der Waals surface area contributed by atoms with E-state index in [0.717, 1.165) is 24.7 Å². The summed E-state index contributed by atoms with van der Waals surface area (Å²) in [5.41, 5.74) is 1.34. The average Bonchev–Trinajstić information content (AvgIpc) is 2.71. The number of amides is 1. The van der Waals surface area contributed by atoms with Gasteiger partial charge in [-0.1, -0.05) is 0 Å². The lowest BCUT2D eigenvalue weighted by atomic mass is 10.0. The number of pyridine rings is 1. The van der Waals surface area contributed by atoms with E-state index in [1.54, 1.807) is 23.4 Å². The highest BCUT2D eigenvalue weighted by Gasteiger charge is 2.26. The molecule has 1 saturated heterocycles. The van der Waals surface area contributed by atoms with Gasteiger partial charge >= 0.3 is 0 Å². The van der Waals surface area contributed by atoms with E-state index in [0.29, 0.717) is 25.1 Å². The van der Waals surface area contributed by atoms with Gasteiger partial charge in [0.05, 0.1) is 24.1 Å². The normalized spacial score (nSPS) is 16.9. The number of rotatable bonds is 6. The highest BCUT2D eigenvalue weighted by molar-refractivity contribution is 5.76. The van der Waals surface area contributed by atoms with Crippen LogP contribution in [0.4, 0.5) is 10.1 Å². The maximum atomic E-state index is 13.2. The fourth-order valence-corrected chi connectivity index (χ4v) is 3.56. The Labute approximate surface area is 170 Å². The van der Waals surface area contributed by atoms with Gasteiger partial charge in [-0.3, -0.25) is 14.6 Å². The summed E-state index contributed by atoms with van der Waals surface area (Å²) in [5, 5.41) is 4.38. The molecule has 3 heterocycles. The third-order valence-corrected chi connectivity index (χ3v) is 5.48. The molecular formula is C21H28FN5O2. The molecule has 0 aromatic carbocycles. The number of hydrogen-bond donors (Lipinski definition) is 0. The summed E-state index contributed by atoms with van der Waals surface area (Å²) in [4.78, 5) is 32.8. The first-order valence-corrected chi connectivity index (χ1v) is 10.0. The summed E-state index contributed by atoms with van der Waals surface area (Å²) >= 11 is 0. The maximum absolute atomic E-state index is 13.2. The quantitative estimate of drug-likeness (QED) is 0.743. The Hall–Kier alpha value is -2.77. The lowest BCUT2D eigenvalue weighted by molar-refractivity contribution is -0.132. The van der Waals surface area contributed by atoms with Crippen LogP contribution in [0, 0.1) is 5.82 Å². The molecule has 1 fully saturated rings. The van der Waals surface area contributed by atoms with E-state index in [-0.39, 0.29) is 30.0 Å². The summed E-state index contributed by atoms with van der Waals surface area (Å²) in [5.74, 6) is -0.395. The van der Waals surface area contributed by atoms with Crippen molar-refractivity contribution in [3.05, 3.63) is 52.5 Å². The molecule has 29 heavy (non-hydrogen) atoms. The van der Waals surface area contributed by atoms with Crippen molar-refractivity contribution in [2.45, 2.75) is 51.6 Å². The van der Waals surface area contributed by atoms with Crippen LogP contribution in [0.15, 0.2) is 35.5 Å². The molecule has 1 atom stereocenters. The second-order valence-corrected chi connectivity index (χ2v) is 7.85. The van der Waals surface area contributed by atoms with Crippen molar-refractivity contribution in [1.82, 2.24) is 19.7 Å². The standard InChI is InChI=1S/C21H28FN5O2/c1-15(2)25(3)19-10-21(29)27(24-13-19)18-5-4-8-26(14-18)20(28)7-6-16-9-17(22)12-23-11-16/h9-13,15,18H,4-8,14H2,1-3H3/t18-/m1/s1. The first-order valence-electron chi connectivity index (χ1n) is 10.0. The van der Waals surface area contributed by atoms with Crippen molar-refractivity contribution < 1.29 is 9.18 Å².